The molecule has 4 aromatic rings. The number of rotatable bonds is 8. The highest BCUT2D eigenvalue weighted by Gasteiger charge is 2.16. The van der Waals surface area contributed by atoms with E-state index in [0.717, 1.165) is 17.9 Å². The van der Waals surface area contributed by atoms with Crippen LogP contribution in [-0.2, 0) is 13.0 Å². The minimum Gasteiger partial charge on any atom is -0.457 e. The number of carbonyl (C=O) groups is 2. The van der Waals surface area contributed by atoms with E-state index < -0.39 is 11.6 Å². The highest BCUT2D eigenvalue weighted by Crippen LogP contribution is 2.30. The number of nitrogens with zero attached hydrogens (tertiary/aromatic N) is 1. The lowest BCUT2D eigenvalue weighted by atomic mass is 10.0. The Balaban J connectivity index is 1.54. The number of halogens is 2. The summed E-state index contributed by atoms with van der Waals surface area (Å²) in [5.41, 5.74) is 3.52. The van der Waals surface area contributed by atoms with Crippen LogP contribution in [0.4, 0.5) is 8.78 Å². The first-order valence-corrected chi connectivity index (χ1v) is 11.0. The Hall–Kier alpha value is -4.39. The number of ether oxygens (including phenoxy) is 1. The van der Waals surface area contributed by atoms with E-state index in [1.165, 1.54) is 12.1 Å². The molecule has 0 fully saturated rings. The van der Waals surface area contributed by atoms with Crippen LogP contribution in [0.5, 0.6) is 11.5 Å². The molecule has 1 aromatic heterocycles. The molecular weight excluding hydrogens is 450 g/mol. The number of benzene rings is 3. The lowest BCUT2D eigenvalue weighted by Gasteiger charge is -2.15. The maximum Gasteiger partial charge on any atom is 0.251 e. The topological polar surface area (TPSA) is 68.3 Å². The quantitative estimate of drug-likeness (QED) is 0.314. The molecule has 176 valence electrons. The van der Waals surface area contributed by atoms with Gasteiger partial charge in [-0.05, 0) is 42.3 Å². The normalized spacial score (nSPS) is 10.6. The first kappa shape index (κ1) is 23.8. The zero-order chi connectivity index (χ0) is 24.8. The van der Waals surface area contributed by atoms with Gasteiger partial charge in [0.25, 0.3) is 5.91 Å². The van der Waals surface area contributed by atoms with Crippen molar-refractivity contribution in [2.24, 2.45) is 0 Å². The van der Waals surface area contributed by atoms with E-state index in [1.807, 2.05) is 19.1 Å². The third-order valence-electron chi connectivity index (χ3n) is 5.41. The molecule has 0 bridgehead atoms. The number of hydrogen-bond acceptors (Lipinski definition) is 4. The summed E-state index contributed by atoms with van der Waals surface area (Å²) in [6.45, 7) is 1.89. The molecule has 0 atom stereocenters. The molecule has 1 heterocycles. The summed E-state index contributed by atoms with van der Waals surface area (Å²) >= 11 is 0. The number of nitrogens with one attached hydrogen (secondary N) is 1. The second-order valence-electron chi connectivity index (χ2n) is 7.81. The van der Waals surface area contributed by atoms with Crippen LogP contribution in [0.3, 0.4) is 0 Å². The average Bonchev–Trinajstić information content (AvgIpc) is 2.87. The number of aldehydes is 1. The predicted molar refractivity (Wildman–Crippen MR) is 128 cm³/mol. The summed E-state index contributed by atoms with van der Waals surface area (Å²) in [4.78, 5) is 28.1. The molecule has 0 saturated heterocycles. The molecule has 0 spiro atoms. The van der Waals surface area contributed by atoms with E-state index in [0.29, 0.717) is 45.9 Å². The minimum atomic E-state index is -0.699. The fraction of sp³-hybridized carbons (Fsp3) is 0.107. The molecule has 0 aliphatic carbocycles. The maximum absolute atomic E-state index is 13.4. The Morgan fingerprint density at radius 3 is 2.43 bits per heavy atom. The van der Waals surface area contributed by atoms with Crippen molar-refractivity contribution in [2.75, 3.05) is 0 Å². The molecule has 0 saturated carbocycles. The maximum atomic E-state index is 13.4. The Morgan fingerprint density at radius 1 is 1.00 bits per heavy atom. The van der Waals surface area contributed by atoms with E-state index in [1.54, 1.807) is 48.7 Å². The van der Waals surface area contributed by atoms with Gasteiger partial charge in [-0.2, -0.15) is 0 Å². The van der Waals surface area contributed by atoms with Gasteiger partial charge < -0.3 is 10.1 Å². The van der Waals surface area contributed by atoms with Gasteiger partial charge in [0.1, 0.15) is 29.4 Å². The Kier molecular flexibility index (Phi) is 7.26. The van der Waals surface area contributed by atoms with E-state index in [-0.39, 0.29) is 12.5 Å². The molecule has 0 aliphatic heterocycles. The first-order valence-electron chi connectivity index (χ1n) is 11.0. The lowest BCUT2D eigenvalue weighted by molar-refractivity contribution is 0.0949. The van der Waals surface area contributed by atoms with Crippen molar-refractivity contribution >= 4 is 12.2 Å². The van der Waals surface area contributed by atoms with Gasteiger partial charge in [-0.25, -0.2) is 8.78 Å². The molecule has 35 heavy (non-hydrogen) atoms. The van der Waals surface area contributed by atoms with Crippen molar-refractivity contribution in [2.45, 2.75) is 19.9 Å². The van der Waals surface area contributed by atoms with Gasteiger partial charge in [-0.15, -0.1) is 0 Å². The van der Waals surface area contributed by atoms with Crippen molar-refractivity contribution in [3.05, 3.63) is 113 Å². The average molecular weight is 472 g/mol. The molecule has 5 nitrogen and oxygen atoms in total. The number of aromatic nitrogens is 1. The number of hydrogen-bond donors (Lipinski definition) is 1. The van der Waals surface area contributed by atoms with Crippen LogP contribution < -0.4 is 10.1 Å². The number of pyridine rings is 1. The summed E-state index contributed by atoms with van der Waals surface area (Å²) in [6.07, 6.45) is 2.93. The monoisotopic (exact) mass is 472 g/mol. The van der Waals surface area contributed by atoms with Crippen molar-refractivity contribution < 1.29 is 23.1 Å². The van der Waals surface area contributed by atoms with Gasteiger partial charge in [0.05, 0.1) is 5.69 Å². The number of amides is 1. The predicted octanol–water partition coefficient (Wildman–Crippen LogP) is 6.12. The molecular formula is C28H22F2N2O3. The smallest absolute Gasteiger partial charge is 0.251 e. The van der Waals surface area contributed by atoms with Gasteiger partial charge in [0.2, 0.25) is 0 Å². The van der Waals surface area contributed by atoms with Crippen LogP contribution in [0.25, 0.3) is 11.3 Å². The van der Waals surface area contributed by atoms with Crippen LogP contribution in [0.15, 0.2) is 79.0 Å². The fourth-order valence-electron chi connectivity index (χ4n) is 3.72. The highest BCUT2D eigenvalue weighted by atomic mass is 19.1. The standard InChI is InChI=1S/C28H22F2N2O3/c1-2-24-25(28(34)32-16-19-12-21(29)14-22(30)13-19)4-3-5-27(24)35-23-10-11-31-26(15-23)20-8-6-18(17-33)7-9-20/h3-15,17H,2,16H2,1H3,(H,32,34). The SMILES string of the molecule is CCc1c(Oc2ccnc(-c3ccc(C=O)cc3)c2)cccc1C(=O)NCc1cc(F)cc(F)c1. The summed E-state index contributed by atoms with van der Waals surface area (Å²) in [7, 11) is 0. The number of carbonyl (C=O) groups excluding carboxylic acids is 2. The van der Waals surface area contributed by atoms with Crippen LogP contribution in [0.2, 0.25) is 0 Å². The molecule has 0 unspecified atom stereocenters. The highest BCUT2D eigenvalue weighted by molar-refractivity contribution is 5.96. The van der Waals surface area contributed by atoms with Crippen LogP contribution >= 0.6 is 0 Å². The van der Waals surface area contributed by atoms with Crippen molar-refractivity contribution in [3.8, 4) is 22.8 Å². The lowest BCUT2D eigenvalue weighted by Crippen LogP contribution is -2.24. The summed E-state index contributed by atoms with van der Waals surface area (Å²) in [6, 6.07) is 18.8. The Morgan fingerprint density at radius 2 is 1.74 bits per heavy atom. The Labute approximate surface area is 201 Å². The molecule has 0 radical (unpaired) electrons. The minimum absolute atomic E-state index is 0.0155. The van der Waals surface area contributed by atoms with Crippen molar-refractivity contribution in [1.29, 1.82) is 0 Å². The van der Waals surface area contributed by atoms with Crippen LogP contribution in [-0.4, -0.2) is 17.2 Å². The summed E-state index contributed by atoms with van der Waals surface area (Å²) < 4.78 is 33.0. The second kappa shape index (κ2) is 10.7. The van der Waals surface area contributed by atoms with Crippen LogP contribution in [0, 0.1) is 11.6 Å². The van der Waals surface area contributed by atoms with E-state index in [9.17, 15) is 18.4 Å². The first-order chi connectivity index (χ1) is 17.0. The van der Waals surface area contributed by atoms with E-state index >= 15 is 0 Å². The third-order valence-corrected chi connectivity index (χ3v) is 5.41. The van der Waals surface area contributed by atoms with Gasteiger partial charge in [0.15, 0.2) is 0 Å². The van der Waals surface area contributed by atoms with Crippen molar-refractivity contribution in [1.82, 2.24) is 10.3 Å². The molecule has 3 aromatic carbocycles. The van der Waals surface area contributed by atoms with Gasteiger partial charge >= 0.3 is 0 Å². The fourth-order valence-corrected chi connectivity index (χ4v) is 3.72. The Bertz CT molecular complexity index is 1350. The van der Waals surface area contributed by atoms with Gasteiger partial charge in [0, 0.05) is 47.1 Å². The zero-order valence-corrected chi connectivity index (χ0v) is 18.9. The zero-order valence-electron chi connectivity index (χ0n) is 18.9. The summed E-state index contributed by atoms with van der Waals surface area (Å²) in [5.74, 6) is -0.712. The van der Waals surface area contributed by atoms with Gasteiger partial charge in [-0.3, -0.25) is 14.6 Å². The third kappa shape index (κ3) is 5.76. The van der Waals surface area contributed by atoms with Crippen LogP contribution in [0.1, 0.15) is 38.8 Å². The second-order valence-corrected chi connectivity index (χ2v) is 7.81. The molecule has 4 rings (SSSR count). The molecule has 7 heteroatoms. The van der Waals surface area contributed by atoms with Crippen molar-refractivity contribution in [3.63, 3.8) is 0 Å². The molecule has 0 aliphatic rings. The largest absolute Gasteiger partial charge is 0.457 e. The molecule has 1 amide bonds. The molecule has 1 N–H and O–H groups in total. The van der Waals surface area contributed by atoms with E-state index in [4.69, 9.17) is 4.74 Å². The van der Waals surface area contributed by atoms with E-state index in [2.05, 4.69) is 10.3 Å². The summed E-state index contributed by atoms with van der Waals surface area (Å²) in [5, 5.41) is 2.71. The van der Waals surface area contributed by atoms with Gasteiger partial charge in [-0.1, -0.05) is 37.3 Å².